The fourth-order valence-electron chi connectivity index (χ4n) is 2.39. The summed E-state index contributed by atoms with van der Waals surface area (Å²) in [6, 6.07) is 25.2. The summed E-state index contributed by atoms with van der Waals surface area (Å²) in [7, 11) is 0. The highest BCUT2D eigenvalue weighted by Gasteiger charge is 2.12. The molecule has 1 atom stereocenters. The summed E-state index contributed by atoms with van der Waals surface area (Å²) in [5.41, 5.74) is 7.19. The van der Waals surface area contributed by atoms with Gasteiger partial charge in [-0.3, -0.25) is 0 Å². The van der Waals surface area contributed by atoms with E-state index in [1.807, 2.05) is 78.9 Å². The quantitative estimate of drug-likeness (QED) is 0.580. The van der Waals surface area contributed by atoms with Crippen molar-refractivity contribution >= 4 is 12.4 Å². The Morgan fingerprint density at radius 1 is 0.760 bits per heavy atom. The number of hydrogen-bond donors (Lipinski definition) is 1. The summed E-state index contributed by atoms with van der Waals surface area (Å²) in [6.07, 6.45) is 0.865. The standard InChI is InChI=1S/C21H21NO2.ClH/c1-2-19(22)16-13-14-20(23-17-9-5-3-6-10-17)21(15-16)24-18-11-7-4-8-12-18;/h3-15,19H,2,22H2,1H3;1H/t19-;/m0./s1. The van der Waals surface area contributed by atoms with E-state index in [-0.39, 0.29) is 18.4 Å². The van der Waals surface area contributed by atoms with Crippen molar-refractivity contribution in [1.29, 1.82) is 0 Å². The van der Waals surface area contributed by atoms with Crippen molar-refractivity contribution in [3.63, 3.8) is 0 Å². The first-order valence-electron chi connectivity index (χ1n) is 8.11. The van der Waals surface area contributed by atoms with E-state index in [2.05, 4.69) is 6.92 Å². The van der Waals surface area contributed by atoms with E-state index >= 15 is 0 Å². The molecule has 0 unspecified atom stereocenters. The van der Waals surface area contributed by atoms with Gasteiger partial charge in [0.1, 0.15) is 11.5 Å². The van der Waals surface area contributed by atoms with Crippen LogP contribution in [0.3, 0.4) is 0 Å². The lowest BCUT2D eigenvalue weighted by atomic mass is 10.0. The largest absolute Gasteiger partial charge is 0.453 e. The molecule has 0 spiro atoms. The minimum absolute atomic E-state index is 0. The number of ether oxygens (including phenoxy) is 2. The van der Waals surface area contributed by atoms with Gasteiger partial charge in [0.05, 0.1) is 0 Å². The van der Waals surface area contributed by atoms with Gasteiger partial charge in [0, 0.05) is 6.04 Å². The molecule has 3 nitrogen and oxygen atoms in total. The van der Waals surface area contributed by atoms with Gasteiger partial charge in [0.15, 0.2) is 11.5 Å². The lowest BCUT2D eigenvalue weighted by Gasteiger charge is -2.16. The Morgan fingerprint density at radius 2 is 1.28 bits per heavy atom. The van der Waals surface area contributed by atoms with Gasteiger partial charge in [-0.1, -0.05) is 49.4 Å². The summed E-state index contributed by atoms with van der Waals surface area (Å²) in [5, 5.41) is 0. The fourth-order valence-corrected chi connectivity index (χ4v) is 2.39. The SMILES string of the molecule is CC[C@H](N)c1ccc(Oc2ccccc2)c(Oc2ccccc2)c1.Cl. The van der Waals surface area contributed by atoms with Crippen LogP contribution in [0.2, 0.25) is 0 Å². The highest BCUT2D eigenvalue weighted by molar-refractivity contribution is 5.85. The van der Waals surface area contributed by atoms with Gasteiger partial charge in [0.25, 0.3) is 0 Å². The van der Waals surface area contributed by atoms with Crippen LogP contribution in [0, 0.1) is 0 Å². The molecule has 3 rings (SSSR count). The predicted octanol–water partition coefficient (Wildman–Crippen LogP) is 6.10. The lowest BCUT2D eigenvalue weighted by molar-refractivity contribution is 0.417. The molecule has 0 saturated heterocycles. The molecule has 0 aliphatic carbocycles. The van der Waals surface area contributed by atoms with Crippen LogP contribution in [0.5, 0.6) is 23.0 Å². The van der Waals surface area contributed by atoms with Crippen molar-refractivity contribution in [3.8, 4) is 23.0 Å². The molecule has 3 aromatic carbocycles. The van der Waals surface area contributed by atoms with Gasteiger partial charge < -0.3 is 15.2 Å². The zero-order chi connectivity index (χ0) is 16.8. The van der Waals surface area contributed by atoms with Crippen LogP contribution < -0.4 is 15.2 Å². The maximum absolute atomic E-state index is 6.16. The number of para-hydroxylation sites is 2. The second kappa shape index (κ2) is 9.11. The zero-order valence-electron chi connectivity index (χ0n) is 14.1. The molecule has 0 aliphatic rings. The Morgan fingerprint density at radius 3 is 1.80 bits per heavy atom. The average molecular weight is 356 g/mol. The maximum Gasteiger partial charge on any atom is 0.170 e. The molecule has 4 heteroatoms. The third kappa shape index (κ3) is 4.99. The molecule has 2 N–H and O–H groups in total. The van der Waals surface area contributed by atoms with E-state index in [1.54, 1.807) is 0 Å². The molecular formula is C21H22ClNO2. The molecule has 3 aromatic rings. The molecule has 25 heavy (non-hydrogen) atoms. The van der Waals surface area contributed by atoms with E-state index in [1.165, 1.54) is 0 Å². The maximum atomic E-state index is 6.16. The van der Waals surface area contributed by atoms with Crippen molar-refractivity contribution in [2.24, 2.45) is 5.73 Å². The summed E-state index contributed by atoms with van der Waals surface area (Å²) < 4.78 is 12.0. The molecule has 0 saturated carbocycles. The molecule has 0 fully saturated rings. The van der Waals surface area contributed by atoms with Crippen LogP contribution in [0.25, 0.3) is 0 Å². The molecule has 0 radical (unpaired) electrons. The number of hydrogen-bond acceptors (Lipinski definition) is 3. The van der Waals surface area contributed by atoms with Crippen LogP contribution in [0.15, 0.2) is 78.9 Å². The Hall–Kier alpha value is -2.49. The van der Waals surface area contributed by atoms with Gasteiger partial charge in [0.2, 0.25) is 0 Å². The Bertz CT molecular complexity index is 778. The fraction of sp³-hybridized carbons (Fsp3) is 0.143. The minimum Gasteiger partial charge on any atom is -0.453 e. The highest BCUT2D eigenvalue weighted by atomic mass is 35.5. The van der Waals surface area contributed by atoms with Gasteiger partial charge >= 0.3 is 0 Å². The van der Waals surface area contributed by atoms with Crippen molar-refractivity contribution < 1.29 is 9.47 Å². The van der Waals surface area contributed by atoms with Crippen molar-refractivity contribution in [1.82, 2.24) is 0 Å². The van der Waals surface area contributed by atoms with E-state index in [9.17, 15) is 0 Å². The van der Waals surface area contributed by atoms with Crippen LogP contribution in [0.4, 0.5) is 0 Å². The first kappa shape index (κ1) is 18.8. The third-order valence-electron chi connectivity index (χ3n) is 3.78. The van der Waals surface area contributed by atoms with Crippen molar-refractivity contribution in [2.45, 2.75) is 19.4 Å². The molecule has 0 amide bonds. The van der Waals surface area contributed by atoms with E-state index in [0.29, 0.717) is 11.5 Å². The van der Waals surface area contributed by atoms with Gasteiger partial charge in [-0.25, -0.2) is 0 Å². The summed E-state index contributed by atoms with van der Waals surface area (Å²) in [4.78, 5) is 0. The summed E-state index contributed by atoms with van der Waals surface area (Å²) in [5.74, 6) is 2.85. The van der Waals surface area contributed by atoms with Crippen LogP contribution >= 0.6 is 12.4 Å². The van der Waals surface area contributed by atoms with Crippen LogP contribution in [-0.4, -0.2) is 0 Å². The smallest absolute Gasteiger partial charge is 0.170 e. The first-order chi connectivity index (χ1) is 11.8. The Kier molecular flexibility index (Phi) is 6.87. The molecule has 0 aliphatic heterocycles. The third-order valence-corrected chi connectivity index (χ3v) is 3.78. The normalized spacial score (nSPS) is 11.3. The first-order valence-corrected chi connectivity index (χ1v) is 8.11. The monoisotopic (exact) mass is 355 g/mol. The highest BCUT2D eigenvalue weighted by Crippen LogP contribution is 2.36. The van der Waals surface area contributed by atoms with E-state index in [4.69, 9.17) is 15.2 Å². The second-order valence-electron chi connectivity index (χ2n) is 5.55. The molecule has 0 bridgehead atoms. The second-order valence-corrected chi connectivity index (χ2v) is 5.55. The van der Waals surface area contributed by atoms with E-state index in [0.717, 1.165) is 23.5 Å². The summed E-state index contributed by atoms with van der Waals surface area (Å²) >= 11 is 0. The van der Waals surface area contributed by atoms with Crippen LogP contribution in [-0.2, 0) is 0 Å². The van der Waals surface area contributed by atoms with Crippen molar-refractivity contribution in [2.75, 3.05) is 0 Å². The average Bonchev–Trinajstić information content (AvgIpc) is 2.64. The molecular weight excluding hydrogens is 334 g/mol. The van der Waals surface area contributed by atoms with Crippen molar-refractivity contribution in [3.05, 3.63) is 84.4 Å². The number of halogens is 1. The van der Waals surface area contributed by atoms with Gasteiger partial charge in [-0.05, 0) is 48.4 Å². The van der Waals surface area contributed by atoms with E-state index < -0.39 is 0 Å². The topological polar surface area (TPSA) is 44.5 Å². The van der Waals surface area contributed by atoms with Gasteiger partial charge in [-0.2, -0.15) is 0 Å². The zero-order valence-corrected chi connectivity index (χ0v) is 14.9. The minimum atomic E-state index is -0.0195. The Labute approximate surface area is 154 Å². The van der Waals surface area contributed by atoms with Crippen LogP contribution in [0.1, 0.15) is 24.9 Å². The summed E-state index contributed by atoms with van der Waals surface area (Å²) in [6.45, 7) is 2.07. The molecule has 0 heterocycles. The molecule has 0 aromatic heterocycles. The number of rotatable bonds is 6. The van der Waals surface area contributed by atoms with Gasteiger partial charge in [-0.15, -0.1) is 12.4 Å². The lowest BCUT2D eigenvalue weighted by Crippen LogP contribution is -2.08. The predicted molar refractivity (Wildman–Crippen MR) is 104 cm³/mol. The number of nitrogens with two attached hydrogens (primary N) is 1. The number of benzene rings is 3. The Balaban J connectivity index is 0.00000225. The molecule has 130 valence electrons.